The number of nitrogens with one attached hydrogen (secondary N) is 3. The molecule has 0 fully saturated rings. The summed E-state index contributed by atoms with van der Waals surface area (Å²) >= 11 is 0. The van der Waals surface area contributed by atoms with Gasteiger partial charge in [-0.05, 0) is 35.9 Å². The molecule has 0 saturated carbocycles. The number of aromatic amines is 1. The number of imidazole rings is 1. The summed E-state index contributed by atoms with van der Waals surface area (Å²) in [7, 11) is 3.25. The number of hydrogen-bond donors (Lipinski definition) is 3. The fourth-order valence-corrected chi connectivity index (χ4v) is 4.32. The Balaban J connectivity index is 1.10. The second-order valence-electron chi connectivity index (χ2n) is 8.95. The molecule has 0 bridgehead atoms. The summed E-state index contributed by atoms with van der Waals surface area (Å²) < 4.78 is 30.1. The van der Waals surface area contributed by atoms with Crippen LogP contribution in [0.3, 0.4) is 0 Å². The number of carbonyl (C=O) groups is 1. The van der Waals surface area contributed by atoms with Gasteiger partial charge < -0.3 is 29.5 Å². The van der Waals surface area contributed by atoms with Crippen LogP contribution in [0.15, 0.2) is 65.4 Å². The standard InChI is InChI=1S/C29H29FN6O4/c1-38-25-7-3-5-19(28(25)39-2)18-8-9-21-22(15-18)35-26(34-21)10-13-31-14-11-27-36-24(17-40-27)29(37)33-16-23-20(30)6-4-12-32-23/h3-9,12,15,17,31H,10-11,13-14,16H2,1-2H3,(H,33,37)(H,34,35). The lowest BCUT2D eigenvalue weighted by molar-refractivity contribution is 0.0945. The van der Waals surface area contributed by atoms with E-state index in [1.54, 1.807) is 14.2 Å². The molecule has 3 N–H and O–H groups in total. The van der Waals surface area contributed by atoms with E-state index in [0.717, 1.165) is 28.0 Å². The summed E-state index contributed by atoms with van der Waals surface area (Å²) in [4.78, 5) is 28.5. The first-order valence-corrected chi connectivity index (χ1v) is 12.8. The summed E-state index contributed by atoms with van der Waals surface area (Å²) in [5.74, 6) is 1.74. The van der Waals surface area contributed by atoms with Gasteiger partial charge in [-0.15, -0.1) is 0 Å². The topological polar surface area (TPSA) is 127 Å². The molecule has 1 amide bonds. The monoisotopic (exact) mass is 544 g/mol. The van der Waals surface area contributed by atoms with E-state index in [1.807, 2.05) is 30.3 Å². The van der Waals surface area contributed by atoms with Gasteiger partial charge in [0, 0.05) is 37.7 Å². The van der Waals surface area contributed by atoms with Crippen LogP contribution < -0.4 is 20.1 Å². The molecule has 0 aliphatic rings. The van der Waals surface area contributed by atoms with Crippen molar-refractivity contribution in [3.63, 3.8) is 0 Å². The summed E-state index contributed by atoms with van der Waals surface area (Å²) in [5, 5.41) is 5.94. The van der Waals surface area contributed by atoms with Crippen molar-refractivity contribution in [1.29, 1.82) is 0 Å². The molecule has 3 aromatic heterocycles. The molecule has 0 aliphatic carbocycles. The summed E-state index contributed by atoms with van der Waals surface area (Å²) in [5.41, 5.74) is 4.06. The summed E-state index contributed by atoms with van der Waals surface area (Å²) in [6.07, 6.45) is 3.98. The number of fused-ring (bicyclic) bond motifs is 1. The van der Waals surface area contributed by atoms with Crippen LogP contribution in [0.4, 0.5) is 4.39 Å². The molecule has 5 rings (SSSR count). The number of hydrogen-bond acceptors (Lipinski definition) is 8. The van der Waals surface area contributed by atoms with E-state index in [0.29, 0.717) is 43.3 Å². The summed E-state index contributed by atoms with van der Waals surface area (Å²) in [6, 6.07) is 14.6. The Morgan fingerprint density at radius 3 is 2.75 bits per heavy atom. The third-order valence-electron chi connectivity index (χ3n) is 6.33. The van der Waals surface area contributed by atoms with Crippen molar-refractivity contribution in [3.05, 3.63) is 89.9 Å². The fraction of sp³-hybridized carbons (Fsp3) is 0.241. The smallest absolute Gasteiger partial charge is 0.273 e. The van der Waals surface area contributed by atoms with E-state index in [9.17, 15) is 9.18 Å². The number of methoxy groups -OCH3 is 2. The fourth-order valence-electron chi connectivity index (χ4n) is 4.32. The zero-order chi connectivity index (χ0) is 27.9. The van der Waals surface area contributed by atoms with Gasteiger partial charge >= 0.3 is 0 Å². The van der Waals surface area contributed by atoms with Crippen LogP contribution in [0.1, 0.15) is 27.9 Å². The van der Waals surface area contributed by atoms with Crippen LogP contribution in [0.25, 0.3) is 22.2 Å². The lowest BCUT2D eigenvalue weighted by Gasteiger charge is -2.12. The molecule has 11 heteroatoms. The quantitative estimate of drug-likeness (QED) is 0.201. The predicted molar refractivity (Wildman–Crippen MR) is 147 cm³/mol. The second kappa shape index (κ2) is 12.4. The molecule has 3 heterocycles. The van der Waals surface area contributed by atoms with Gasteiger partial charge in [0.15, 0.2) is 23.1 Å². The summed E-state index contributed by atoms with van der Waals surface area (Å²) in [6.45, 7) is 1.27. The van der Waals surface area contributed by atoms with E-state index in [1.165, 1.54) is 24.6 Å². The maximum Gasteiger partial charge on any atom is 0.273 e. The van der Waals surface area contributed by atoms with Crippen molar-refractivity contribution < 1.29 is 23.1 Å². The Morgan fingerprint density at radius 1 is 1.05 bits per heavy atom. The molecule has 10 nitrogen and oxygen atoms in total. The normalized spacial score (nSPS) is 11.1. The molecule has 40 heavy (non-hydrogen) atoms. The molecule has 0 atom stereocenters. The van der Waals surface area contributed by atoms with E-state index in [2.05, 4.69) is 31.7 Å². The van der Waals surface area contributed by atoms with Crippen LogP contribution in [0, 0.1) is 5.82 Å². The Bertz CT molecular complexity index is 1620. The van der Waals surface area contributed by atoms with Gasteiger partial charge in [0.25, 0.3) is 5.91 Å². The number of aromatic nitrogens is 4. The number of H-pyrrole nitrogens is 1. The highest BCUT2D eigenvalue weighted by atomic mass is 19.1. The molecule has 206 valence electrons. The maximum atomic E-state index is 13.7. The van der Waals surface area contributed by atoms with Crippen LogP contribution in [0.2, 0.25) is 0 Å². The van der Waals surface area contributed by atoms with E-state index >= 15 is 0 Å². The minimum absolute atomic E-state index is 0.0342. The molecule has 0 saturated heterocycles. The van der Waals surface area contributed by atoms with Crippen LogP contribution in [-0.2, 0) is 19.4 Å². The highest BCUT2D eigenvalue weighted by Gasteiger charge is 2.14. The van der Waals surface area contributed by atoms with Crippen molar-refractivity contribution in [2.45, 2.75) is 19.4 Å². The van der Waals surface area contributed by atoms with Crippen LogP contribution in [-0.4, -0.2) is 53.2 Å². The van der Waals surface area contributed by atoms with E-state index < -0.39 is 11.7 Å². The molecular formula is C29H29FN6O4. The minimum atomic E-state index is -0.476. The minimum Gasteiger partial charge on any atom is -0.493 e. The number of amides is 1. The average molecular weight is 545 g/mol. The maximum absolute atomic E-state index is 13.7. The van der Waals surface area contributed by atoms with Crippen molar-refractivity contribution in [1.82, 2.24) is 30.6 Å². The van der Waals surface area contributed by atoms with Crippen LogP contribution >= 0.6 is 0 Å². The number of nitrogens with zero attached hydrogens (tertiary/aromatic N) is 3. The predicted octanol–water partition coefficient (Wildman–Crippen LogP) is 4.07. The highest BCUT2D eigenvalue weighted by molar-refractivity contribution is 5.91. The second-order valence-corrected chi connectivity index (χ2v) is 8.95. The number of benzene rings is 2. The molecule has 5 aromatic rings. The first kappa shape index (κ1) is 26.8. The number of para-hydroxylation sites is 1. The zero-order valence-electron chi connectivity index (χ0n) is 22.2. The SMILES string of the molecule is COc1cccc(-c2ccc3nc(CCNCCc4nc(C(=O)NCc5ncccc5F)co4)[nH]c3c2)c1OC. The van der Waals surface area contributed by atoms with Crippen molar-refractivity contribution >= 4 is 16.9 Å². The molecule has 0 unspecified atom stereocenters. The molecule has 0 spiro atoms. The Labute approximate surface area is 230 Å². The van der Waals surface area contributed by atoms with Crippen molar-refractivity contribution in [2.24, 2.45) is 0 Å². The third-order valence-corrected chi connectivity index (χ3v) is 6.33. The number of pyridine rings is 1. The van der Waals surface area contributed by atoms with E-state index in [-0.39, 0.29) is 17.9 Å². The number of ether oxygens (including phenoxy) is 2. The van der Waals surface area contributed by atoms with Gasteiger partial charge in [-0.2, -0.15) is 0 Å². The molecule has 0 aliphatic heterocycles. The Hall–Kier alpha value is -4.77. The van der Waals surface area contributed by atoms with Gasteiger partial charge in [0.05, 0.1) is 37.5 Å². The number of rotatable bonds is 12. The lowest BCUT2D eigenvalue weighted by atomic mass is 10.0. The van der Waals surface area contributed by atoms with Gasteiger partial charge in [-0.3, -0.25) is 9.78 Å². The van der Waals surface area contributed by atoms with Crippen molar-refractivity contribution in [2.75, 3.05) is 27.3 Å². The largest absolute Gasteiger partial charge is 0.493 e. The van der Waals surface area contributed by atoms with Crippen molar-refractivity contribution in [3.8, 4) is 22.6 Å². The number of halogens is 1. The highest BCUT2D eigenvalue weighted by Crippen LogP contribution is 2.38. The van der Waals surface area contributed by atoms with Gasteiger partial charge in [-0.25, -0.2) is 14.4 Å². The van der Waals surface area contributed by atoms with Gasteiger partial charge in [-0.1, -0.05) is 18.2 Å². The first-order chi connectivity index (χ1) is 19.6. The third kappa shape index (κ3) is 6.10. The number of carbonyl (C=O) groups excluding carboxylic acids is 1. The zero-order valence-corrected chi connectivity index (χ0v) is 22.2. The molecular weight excluding hydrogens is 515 g/mol. The van der Waals surface area contributed by atoms with Crippen LogP contribution in [0.5, 0.6) is 11.5 Å². The Kier molecular flexibility index (Phi) is 8.31. The lowest BCUT2D eigenvalue weighted by Crippen LogP contribution is -2.24. The Morgan fingerprint density at radius 2 is 1.93 bits per heavy atom. The van der Waals surface area contributed by atoms with Gasteiger partial charge in [0.2, 0.25) is 0 Å². The van der Waals surface area contributed by atoms with E-state index in [4.69, 9.17) is 18.9 Å². The molecule has 2 aromatic carbocycles. The van der Waals surface area contributed by atoms with Gasteiger partial charge in [0.1, 0.15) is 17.9 Å². The first-order valence-electron chi connectivity index (χ1n) is 12.8. The average Bonchev–Trinajstić information content (AvgIpc) is 3.62. The number of oxazole rings is 1. The molecule has 0 radical (unpaired) electrons.